The van der Waals surface area contributed by atoms with Crippen LogP contribution in [0.1, 0.15) is 18.9 Å². The second-order valence-corrected chi connectivity index (χ2v) is 6.25. The number of thioether (sulfide) groups is 1. The average Bonchev–Trinajstić information content (AvgIpc) is 3.19. The summed E-state index contributed by atoms with van der Waals surface area (Å²) in [6.07, 6.45) is 5.09. The highest BCUT2D eigenvalue weighted by molar-refractivity contribution is 7.99. The SMILES string of the molecule is O=C(CCSc1ccccc1)N1CCC(n2ccnn2)C1. The van der Waals surface area contributed by atoms with Crippen molar-refractivity contribution in [2.24, 2.45) is 0 Å². The zero-order valence-corrected chi connectivity index (χ0v) is 12.6. The number of hydrogen-bond acceptors (Lipinski definition) is 4. The minimum Gasteiger partial charge on any atom is -0.340 e. The summed E-state index contributed by atoms with van der Waals surface area (Å²) in [5, 5.41) is 7.84. The zero-order valence-electron chi connectivity index (χ0n) is 11.8. The zero-order chi connectivity index (χ0) is 14.5. The fourth-order valence-electron chi connectivity index (χ4n) is 2.53. The molecule has 1 aromatic heterocycles. The maximum absolute atomic E-state index is 12.2. The molecule has 1 fully saturated rings. The van der Waals surface area contributed by atoms with Gasteiger partial charge in [0, 0.05) is 36.4 Å². The van der Waals surface area contributed by atoms with Crippen LogP contribution in [0.5, 0.6) is 0 Å². The van der Waals surface area contributed by atoms with E-state index in [4.69, 9.17) is 0 Å². The molecule has 1 unspecified atom stereocenters. The first-order chi connectivity index (χ1) is 10.3. The Balaban J connectivity index is 1.44. The van der Waals surface area contributed by atoms with Gasteiger partial charge in [0.05, 0.1) is 12.2 Å². The minimum absolute atomic E-state index is 0.237. The van der Waals surface area contributed by atoms with Crippen molar-refractivity contribution in [2.45, 2.75) is 23.8 Å². The highest BCUT2D eigenvalue weighted by Gasteiger charge is 2.27. The molecule has 0 aliphatic carbocycles. The van der Waals surface area contributed by atoms with Gasteiger partial charge in [0.1, 0.15) is 0 Å². The Bertz CT molecular complexity index is 573. The van der Waals surface area contributed by atoms with E-state index in [1.807, 2.05) is 34.0 Å². The van der Waals surface area contributed by atoms with E-state index in [0.29, 0.717) is 6.42 Å². The van der Waals surface area contributed by atoms with E-state index in [0.717, 1.165) is 25.3 Å². The molecule has 1 amide bonds. The number of likely N-dealkylation sites (tertiary alicyclic amines) is 1. The van der Waals surface area contributed by atoms with Crippen LogP contribution in [0.3, 0.4) is 0 Å². The number of aromatic nitrogens is 3. The maximum Gasteiger partial charge on any atom is 0.223 e. The smallest absolute Gasteiger partial charge is 0.223 e. The predicted molar refractivity (Wildman–Crippen MR) is 82.0 cm³/mol. The van der Waals surface area contributed by atoms with Crippen molar-refractivity contribution in [2.75, 3.05) is 18.8 Å². The summed E-state index contributed by atoms with van der Waals surface area (Å²) in [6.45, 7) is 1.57. The summed E-state index contributed by atoms with van der Waals surface area (Å²) in [7, 11) is 0. The first-order valence-corrected chi connectivity index (χ1v) is 8.13. The molecule has 1 atom stereocenters. The highest BCUT2D eigenvalue weighted by atomic mass is 32.2. The molecule has 0 spiro atoms. The third-order valence-electron chi connectivity index (χ3n) is 3.66. The third kappa shape index (κ3) is 3.64. The van der Waals surface area contributed by atoms with Crippen LogP contribution in [0.4, 0.5) is 0 Å². The molecule has 1 aliphatic rings. The topological polar surface area (TPSA) is 51.0 Å². The van der Waals surface area contributed by atoms with Gasteiger partial charge < -0.3 is 4.90 Å². The van der Waals surface area contributed by atoms with Crippen molar-refractivity contribution in [1.29, 1.82) is 0 Å². The van der Waals surface area contributed by atoms with Gasteiger partial charge in [0.25, 0.3) is 0 Å². The lowest BCUT2D eigenvalue weighted by Gasteiger charge is -2.16. The van der Waals surface area contributed by atoms with Gasteiger partial charge in [-0.1, -0.05) is 23.4 Å². The molecule has 0 N–H and O–H groups in total. The van der Waals surface area contributed by atoms with Gasteiger partial charge in [-0.05, 0) is 18.6 Å². The first-order valence-electron chi connectivity index (χ1n) is 7.14. The summed E-state index contributed by atoms with van der Waals surface area (Å²) in [5.74, 6) is 1.06. The lowest BCUT2D eigenvalue weighted by molar-refractivity contribution is -0.129. The molecule has 0 bridgehead atoms. The average molecular weight is 302 g/mol. The van der Waals surface area contributed by atoms with Crippen molar-refractivity contribution in [3.63, 3.8) is 0 Å². The van der Waals surface area contributed by atoms with E-state index in [9.17, 15) is 4.79 Å². The molecule has 6 heteroatoms. The van der Waals surface area contributed by atoms with E-state index in [1.165, 1.54) is 4.90 Å². The van der Waals surface area contributed by atoms with Crippen LogP contribution in [0.25, 0.3) is 0 Å². The normalized spacial score (nSPS) is 18.1. The Morgan fingerprint density at radius 2 is 2.19 bits per heavy atom. The lowest BCUT2D eigenvalue weighted by atomic mass is 10.3. The monoisotopic (exact) mass is 302 g/mol. The number of carbonyl (C=O) groups is 1. The molecule has 2 heterocycles. The summed E-state index contributed by atoms with van der Waals surface area (Å²) in [4.78, 5) is 15.4. The number of nitrogens with zero attached hydrogens (tertiary/aromatic N) is 4. The van der Waals surface area contributed by atoms with Crippen molar-refractivity contribution in [3.05, 3.63) is 42.7 Å². The minimum atomic E-state index is 0.237. The van der Waals surface area contributed by atoms with Gasteiger partial charge in [-0.3, -0.25) is 4.79 Å². The molecule has 5 nitrogen and oxygen atoms in total. The van der Waals surface area contributed by atoms with Gasteiger partial charge in [0.2, 0.25) is 5.91 Å². The van der Waals surface area contributed by atoms with Crippen molar-refractivity contribution < 1.29 is 4.79 Å². The standard InChI is InChI=1S/C15H18N4OS/c20-15(7-11-21-14-4-2-1-3-5-14)18-9-6-13(12-18)19-10-8-16-17-19/h1-5,8,10,13H,6-7,9,11-12H2. The molecule has 2 aromatic rings. The van der Waals surface area contributed by atoms with Crippen LogP contribution in [-0.4, -0.2) is 44.6 Å². The van der Waals surface area contributed by atoms with Gasteiger partial charge in [-0.2, -0.15) is 0 Å². The van der Waals surface area contributed by atoms with E-state index in [1.54, 1.807) is 18.0 Å². The van der Waals surface area contributed by atoms with Crippen LogP contribution < -0.4 is 0 Å². The molecule has 1 saturated heterocycles. The van der Waals surface area contributed by atoms with E-state index >= 15 is 0 Å². The van der Waals surface area contributed by atoms with Gasteiger partial charge in [-0.25, -0.2) is 4.68 Å². The molecule has 1 aliphatic heterocycles. The summed E-state index contributed by atoms with van der Waals surface area (Å²) in [6, 6.07) is 10.5. The quantitative estimate of drug-likeness (QED) is 0.795. The highest BCUT2D eigenvalue weighted by Crippen LogP contribution is 2.22. The molecule has 1 aromatic carbocycles. The van der Waals surface area contributed by atoms with Crippen molar-refractivity contribution in [3.8, 4) is 0 Å². The number of benzene rings is 1. The predicted octanol–water partition coefficient (Wildman–Crippen LogP) is 2.23. The molecule has 0 saturated carbocycles. The number of hydrogen-bond donors (Lipinski definition) is 0. The molecular weight excluding hydrogens is 284 g/mol. The number of carbonyl (C=O) groups excluding carboxylic acids is 1. The Kier molecular flexibility index (Phi) is 4.55. The Hall–Kier alpha value is -1.82. The van der Waals surface area contributed by atoms with Crippen LogP contribution in [0, 0.1) is 0 Å². The molecular formula is C15H18N4OS. The van der Waals surface area contributed by atoms with Crippen LogP contribution >= 0.6 is 11.8 Å². The number of rotatable bonds is 5. The second kappa shape index (κ2) is 6.76. The van der Waals surface area contributed by atoms with Gasteiger partial charge >= 0.3 is 0 Å². The largest absolute Gasteiger partial charge is 0.340 e. The fourth-order valence-corrected chi connectivity index (χ4v) is 3.39. The molecule has 21 heavy (non-hydrogen) atoms. The Morgan fingerprint density at radius 1 is 1.33 bits per heavy atom. The third-order valence-corrected chi connectivity index (χ3v) is 4.67. The molecule has 110 valence electrons. The van der Waals surface area contributed by atoms with Crippen molar-refractivity contribution >= 4 is 17.7 Å². The molecule has 0 radical (unpaired) electrons. The maximum atomic E-state index is 12.2. The first kappa shape index (κ1) is 14.1. The summed E-state index contributed by atoms with van der Waals surface area (Å²) >= 11 is 1.73. The van der Waals surface area contributed by atoms with Crippen LogP contribution in [0.2, 0.25) is 0 Å². The van der Waals surface area contributed by atoms with Crippen LogP contribution in [-0.2, 0) is 4.79 Å². The van der Waals surface area contributed by atoms with E-state index in [-0.39, 0.29) is 11.9 Å². The van der Waals surface area contributed by atoms with E-state index < -0.39 is 0 Å². The molecule has 3 rings (SSSR count). The Morgan fingerprint density at radius 3 is 2.95 bits per heavy atom. The lowest BCUT2D eigenvalue weighted by Crippen LogP contribution is -2.29. The van der Waals surface area contributed by atoms with E-state index in [2.05, 4.69) is 22.4 Å². The number of amides is 1. The second-order valence-electron chi connectivity index (χ2n) is 5.08. The van der Waals surface area contributed by atoms with Gasteiger partial charge in [-0.15, -0.1) is 16.9 Å². The Labute approximate surface area is 128 Å². The van der Waals surface area contributed by atoms with Crippen molar-refractivity contribution in [1.82, 2.24) is 19.9 Å². The summed E-state index contributed by atoms with van der Waals surface area (Å²) in [5.41, 5.74) is 0. The summed E-state index contributed by atoms with van der Waals surface area (Å²) < 4.78 is 1.85. The van der Waals surface area contributed by atoms with Gasteiger partial charge in [0.15, 0.2) is 0 Å². The van der Waals surface area contributed by atoms with Crippen LogP contribution in [0.15, 0.2) is 47.6 Å². The fraction of sp³-hybridized carbons (Fsp3) is 0.400.